The minimum Gasteiger partial charge on any atom is -0.481 e. The average molecular weight is 235 g/mol. The van der Waals surface area contributed by atoms with E-state index in [1.807, 2.05) is 6.92 Å². The SMILES string of the molecule is COc1cc(OC)nc(-n2cc(C)c(N)n2)n1. The van der Waals surface area contributed by atoms with Gasteiger partial charge in [0.2, 0.25) is 11.8 Å². The number of rotatable bonds is 3. The summed E-state index contributed by atoms with van der Waals surface area (Å²) in [6.07, 6.45) is 1.74. The molecule has 0 aliphatic rings. The van der Waals surface area contributed by atoms with Gasteiger partial charge < -0.3 is 15.2 Å². The molecule has 0 bridgehead atoms. The zero-order valence-electron chi connectivity index (χ0n) is 9.84. The van der Waals surface area contributed by atoms with E-state index in [2.05, 4.69) is 15.1 Å². The van der Waals surface area contributed by atoms with Crippen molar-refractivity contribution >= 4 is 5.82 Å². The summed E-state index contributed by atoms with van der Waals surface area (Å²) in [7, 11) is 3.04. The van der Waals surface area contributed by atoms with Gasteiger partial charge in [-0.2, -0.15) is 9.97 Å². The van der Waals surface area contributed by atoms with Gasteiger partial charge >= 0.3 is 0 Å². The molecule has 2 aromatic heterocycles. The predicted octanol–water partition coefficient (Wildman–Crippen LogP) is 0.570. The zero-order chi connectivity index (χ0) is 12.4. The van der Waals surface area contributed by atoms with Crippen LogP contribution in [0.2, 0.25) is 0 Å². The number of ether oxygens (including phenoxy) is 2. The molecule has 0 aliphatic heterocycles. The van der Waals surface area contributed by atoms with Crippen molar-refractivity contribution in [2.45, 2.75) is 6.92 Å². The summed E-state index contributed by atoms with van der Waals surface area (Å²) in [5, 5.41) is 4.09. The van der Waals surface area contributed by atoms with Crippen molar-refractivity contribution in [2.24, 2.45) is 0 Å². The Bertz CT molecular complexity index is 496. The van der Waals surface area contributed by atoms with E-state index < -0.39 is 0 Å². The number of nitrogen functional groups attached to an aromatic ring is 1. The van der Waals surface area contributed by atoms with E-state index in [9.17, 15) is 0 Å². The summed E-state index contributed by atoms with van der Waals surface area (Å²) in [5.74, 6) is 1.59. The van der Waals surface area contributed by atoms with Gasteiger partial charge in [-0.05, 0) is 6.92 Å². The van der Waals surface area contributed by atoms with Gasteiger partial charge in [-0.15, -0.1) is 5.10 Å². The van der Waals surface area contributed by atoms with Gasteiger partial charge in [-0.1, -0.05) is 0 Å². The third-order valence-corrected chi connectivity index (χ3v) is 2.23. The third kappa shape index (κ3) is 2.12. The molecule has 2 heterocycles. The molecule has 2 N–H and O–H groups in total. The van der Waals surface area contributed by atoms with Crippen LogP contribution in [0.15, 0.2) is 12.3 Å². The van der Waals surface area contributed by atoms with Crippen LogP contribution < -0.4 is 15.2 Å². The van der Waals surface area contributed by atoms with Crippen LogP contribution in [0.5, 0.6) is 11.8 Å². The Balaban J connectivity index is 2.50. The molecule has 17 heavy (non-hydrogen) atoms. The number of hydrogen-bond acceptors (Lipinski definition) is 6. The molecule has 0 aromatic carbocycles. The van der Waals surface area contributed by atoms with Gasteiger partial charge in [0.1, 0.15) is 5.82 Å². The maximum atomic E-state index is 5.67. The molecule has 0 atom stereocenters. The second-order valence-corrected chi connectivity index (χ2v) is 3.39. The monoisotopic (exact) mass is 235 g/mol. The number of anilines is 1. The minimum absolute atomic E-state index is 0.348. The van der Waals surface area contributed by atoms with Crippen molar-refractivity contribution in [1.29, 1.82) is 0 Å². The lowest BCUT2D eigenvalue weighted by molar-refractivity contribution is 0.370. The molecule has 2 rings (SSSR count). The van der Waals surface area contributed by atoms with Gasteiger partial charge in [0, 0.05) is 11.8 Å². The maximum Gasteiger partial charge on any atom is 0.257 e. The summed E-state index contributed by atoms with van der Waals surface area (Å²) in [5.41, 5.74) is 6.53. The quantitative estimate of drug-likeness (QED) is 0.836. The van der Waals surface area contributed by atoms with E-state index in [-0.39, 0.29) is 0 Å². The standard InChI is InChI=1S/C10H13N5O2/c1-6-5-15(14-9(6)11)10-12-7(16-2)4-8(13-10)17-3/h4-5H,1-3H3,(H2,11,14). The van der Waals surface area contributed by atoms with E-state index in [0.29, 0.717) is 23.5 Å². The topological polar surface area (TPSA) is 88.1 Å². The molecule has 90 valence electrons. The van der Waals surface area contributed by atoms with E-state index >= 15 is 0 Å². The molecular weight excluding hydrogens is 222 g/mol. The molecule has 0 fully saturated rings. The molecule has 7 nitrogen and oxygen atoms in total. The Morgan fingerprint density at radius 3 is 2.18 bits per heavy atom. The summed E-state index contributed by atoms with van der Waals surface area (Å²) >= 11 is 0. The summed E-state index contributed by atoms with van der Waals surface area (Å²) in [6.45, 7) is 1.86. The first-order valence-electron chi connectivity index (χ1n) is 4.93. The highest BCUT2D eigenvalue weighted by atomic mass is 16.5. The lowest BCUT2D eigenvalue weighted by Gasteiger charge is -2.05. The molecule has 2 aromatic rings. The third-order valence-electron chi connectivity index (χ3n) is 2.23. The lowest BCUT2D eigenvalue weighted by Crippen LogP contribution is -2.05. The van der Waals surface area contributed by atoms with Crippen LogP contribution in [0.25, 0.3) is 5.95 Å². The molecule has 0 saturated carbocycles. The maximum absolute atomic E-state index is 5.67. The fourth-order valence-corrected chi connectivity index (χ4v) is 1.28. The van der Waals surface area contributed by atoms with Crippen molar-refractivity contribution in [3.8, 4) is 17.7 Å². The van der Waals surface area contributed by atoms with Crippen LogP contribution in [0.1, 0.15) is 5.56 Å². The average Bonchev–Trinajstić information content (AvgIpc) is 2.69. The van der Waals surface area contributed by atoms with Crippen molar-refractivity contribution in [3.05, 3.63) is 17.8 Å². The van der Waals surface area contributed by atoms with E-state index in [1.54, 1.807) is 12.3 Å². The Labute approximate surface area is 98.2 Å². The molecule has 0 aliphatic carbocycles. The van der Waals surface area contributed by atoms with Gasteiger partial charge in [-0.3, -0.25) is 0 Å². The molecule has 0 unspecified atom stereocenters. The lowest BCUT2D eigenvalue weighted by atomic mass is 10.4. The van der Waals surface area contributed by atoms with Gasteiger partial charge in [-0.25, -0.2) is 4.68 Å². The summed E-state index contributed by atoms with van der Waals surface area (Å²) < 4.78 is 11.6. The number of aryl methyl sites for hydroxylation is 1. The first kappa shape index (κ1) is 11.2. The Hall–Kier alpha value is -2.31. The molecule has 0 saturated heterocycles. The number of aromatic nitrogens is 4. The van der Waals surface area contributed by atoms with Crippen LogP contribution in [-0.2, 0) is 0 Å². The largest absolute Gasteiger partial charge is 0.481 e. The number of nitrogens with two attached hydrogens (primary N) is 1. The van der Waals surface area contributed by atoms with Crippen molar-refractivity contribution in [3.63, 3.8) is 0 Å². The molecule has 0 radical (unpaired) electrons. The Morgan fingerprint density at radius 1 is 1.18 bits per heavy atom. The van der Waals surface area contributed by atoms with Crippen molar-refractivity contribution in [1.82, 2.24) is 19.7 Å². The van der Waals surface area contributed by atoms with E-state index in [4.69, 9.17) is 15.2 Å². The van der Waals surface area contributed by atoms with Gasteiger partial charge in [0.05, 0.1) is 20.3 Å². The van der Waals surface area contributed by atoms with Crippen LogP contribution in [0.4, 0.5) is 5.82 Å². The van der Waals surface area contributed by atoms with Crippen molar-refractivity contribution < 1.29 is 9.47 Å². The Kier molecular flexibility index (Phi) is 2.82. The first-order chi connectivity index (χ1) is 8.13. The van der Waals surface area contributed by atoms with E-state index in [1.165, 1.54) is 18.9 Å². The fraction of sp³-hybridized carbons (Fsp3) is 0.300. The van der Waals surface area contributed by atoms with Crippen LogP contribution in [0, 0.1) is 6.92 Å². The molecule has 0 spiro atoms. The highest BCUT2D eigenvalue weighted by molar-refractivity contribution is 5.38. The van der Waals surface area contributed by atoms with Crippen LogP contribution in [-0.4, -0.2) is 34.0 Å². The number of hydrogen-bond donors (Lipinski definition) is 1. The van der Waals surface area contributed by atoms with Crippen LogP contribution in [0.3, 0.4) is 0 Å². The molecular formula is C10H13N5O2. The summed E-state index contributed by atoms with van der Waals surface area (Å²) in [4.78, 5) is 8.31. The highest BCUT2D eigenvalue weighted by Gasteiger charge is 2.09. The zero-order valence-corrected chi connectivity index (χ0v) is 9.84. The Morgan fingerprint density at radius 2 is 1.76 bits per heavy atom. The predicted molar refractivity (Wildman–Crippen MR) is 61.4 cm³/mol. The number of nitrogens with zero attached hydrogens (tertiary/aromatic N) is 4. The first-order valence-corrected chi connectivity index (χ1v) is 4.93. The van der Waals surface area contributed by atoms with Crippen LogP contribution >= 0.6 is 0 Å². The smallest absolute Gasteiger partial charge is 0.257 e. The van der Waals surface area contributed by atoms with E-state index in [0.717, 1.165) is 5.56 Å². The molecule has 7 heteroatoms. The molecule has 0 amide bonds. The second kappa shape index (κ2) is 4.28. The normalized spacial score (nSPS) is 10.3. The summed E-state index contributed by atoms with van der Waals surface area (Å²) in [6, 6.07) is 1.59. The van der Waals surface area contributed by atoms with Crippen molar-refractivity contribution in [2.75, 3.05) is 20.0 Å². The fourth-order valence-electron chi connectivity index (χ4n) is 1.28. The second-order valence-electron chi connectivity index (χ2n) is 3.39. The number of methoxy groups -OCH3 is 2. The van der Waals surface area contributed by atoms with Gasteiger partial charge in [0.15, 0.2) is 0 Å². The van der Waals surface area contributed by atoms with Gasteiger partial charge in [0.25, 0.3) is 5.95 Å². The minimum atomic E-state index is 0.348. The highest BCUT2D eigenvalue weighted by Crippen LogP contribution is 2.18.